The van der Waals surface area contributed by atoms with E-state index in [9.17, 15) is 12.8 Å². The Morgan fingerprint density at radius 2 is 1.84 bits per heavy atom. The average Bonchev–Trinajstić information content (AvgIpc) is 2.75. The van der Waals surface area contributed by atoms with Crippen LogP contribution in [0.1, 0.15) is 5.56 Å². The van der Waals surface area contributed by atoms with Gasteiger partial charge < -0.3 is 4.74 Å². The summed E-state index contributed by atoms with van der Waals surface area (Å²) in [5.41, 5.74) is 2.43. The summed E-state index contributed by atoms with van der Waals surface area (Å²) in [4.78, 5) is 11.8. The van der Waals surface area contributed by atoms with E-state index < -0.39 is 16.1 Å². The molecule has 4 aromatic rings. The van der Waals surface area contributed by atoms with E-state index in [1.165, 1.54) is 25.4 Å². The number of benzene rings is 2. The van der Waals surface area contributed by atoms with Crippen molar-refractivity contribution in [3.63, 3.8) is 0 Å². The summed E-state index contributed by atoms with van der Waals surface area (Å²) in [7, 11) is -2.46. The minimum atomic E-state index is -3.88. The second kappa shape index (κ2) is 8.09. The lowest BCUT2D eigenvalue weighted by atomic mass is 10.0. The molecule has 31 heavy (non-hydrogen) atoms. The maximum Gasteiger partial charge on any atom is 0.309 e. The van der Waals surface area contributed by atoms with Crippen molar-refractivity contribution >= 4 is 38.3 Å². The zero-order chi connectivity index (χ0) is 22.2. The van der Waals surface area contributed by atoms with Gasteiger partial charge >= 0.3 is 6.08 Å². The van der Waals surface area contributed by atoms with Crippen molar-refractivity contribution in [3.8, 4) is 17.0 Å². The molecule has 7 nitrogen and oxygen atoms in total. The first kappa shape index (κ1) is 21.0. The van der Waals surface area contributed by atoms with Crippen LogP contribution in [0.3, 0.4) is 0 Å². The first-order valence-electron chi connectivity index (χ1n) is 9.04. The fourth-order valence-electron chi connectivity index (χ4n) is 3.15. The average molecular weight is 459 g/mol. The van der Waals surface area contributed by atoms with E-state index >= 15 is 0 Å². The molecule has 10 heteroatoms. The Morgan fingerprint density at radius 1 is 1.10 bits per heavy atom. The molecule has 0 fully saturated rings. The fraction of sp³-hybridized carbons (Fsp3) is 0.0952. The van der Waals surface area contributed by atoms with Crippen LogP contribution in [-0.4, -0.2) is 30.5 Å². The molecule has 1 N–H and O–H groups in total. The number of fused-ring (bicyclic) bond motifs is 1. The summed E-state index contributed by atoms with van der Waals surface area (Å²) < 4.78 is 46.4. The van der Waals surface area contributed by atoms with Gasteiger partial charge in [0, 0.05) is 17.1 Å². The predicted molar refractivity (Wildman–Crippen MR) is 116 cm³/mol. The van der Waals surface area contributed by atoms with Gasteiger partial charge in [-0.2, -0.15) is 9.37 Å². The Bertz CT molecular complexity index is 1400. The zero-order valence-corrected chi connectivity index (χ0v) is 18.0. The Hall–Kier alpha value is -3.30. The molecular weight excluding hydrogens is 443 g/mol. The van der Waals surface area contributed by atoms with Crippen LogP contribution in [0.25, 0.3) is 22.0 Å². The number of pyridine rings is 1. The molecule has 2 aromatic carbocycles. The highest BCUT2D eigenvalue weighted by Gasteiger charge is 2.20. The molecular formula is C21H16ClFN4O3S. The van der Waals surface area contributed by atoms with E-state index in [2.05, 4.69) is 19.7 Å². The topological polar surface area (TPSA) is 94.1 Å². The van der Waals surface area contributed by atoms with Gasteiger partial charge in [-0.05, 0) is 48.4 Å². The molecule has 2 heterocycles. The molecule has 4 rings (SSSR count). The van der Waals surface area contributed by atoms with E-state index in [1.54, 1.807) is 43.3 Å². The number of hydrogen-bond donors (Lipinski definition) is 1. The number of aryl methyl sites for hydroxylation is 1. The largest absolute Gasteiger partial charge is 0.480 e. The van der Waals surface area contributed by atoms with Crippen LogP contribution < -0.4 is 9.46 Å². The van der Waals surface area contributed by atoms with Crippen molar-refractivity contribution in [3.05, 3.63) is 71.4 Å². The Balaban J connectivity index is 1.79. The highest BCUT2D eigenvalue weighted by molar-refractivity contribution is 7.92. The molecule has 0 radical (unpaired) electrons. The van der Waals surface area contributed by atoms with Gasteiger partial charge in [-0.1, -0.05) is 29.8 Å². The summed E-state index contributed by atoms with van der Waals surface area (Å²) in [6.45, 7) is 1.79. The maximum atomic E-state index is 13.4. The summed E-state index contributed by atoms with van der Waals surface area (Å²) in [6, 6.07) is 13.0. The summed E-state index contributed by atoms with van der Waals surface area (Å²) in [5, 5.41) is 0.715. The lowest BCUT2D eigenvalue weighted by molar-refractivity contribution is 0.400. The van der Waals surface area contributed by atoms with E-state index in [0.717, 1.165) is 5.56 Å². The molecule has 0 aliphatic rings. The second-order valence-corrected chi connectivity index (χ2v) is 8.75. The number of nitrogens with one attached hydrogen (secondary N) is 1. The predicted octanol–water partition coefficient (Wildman–Crippen LogP) is 4.60. The molecule has 158 valence electrons. The van der Waals surface area contributed by atoms with Crippen LogP contribution >= 0.6 is 11.6 Å². The number of methoxy groups -OCH3 is 1. The number of nitrogens with zero attached hydrogens (tertiary/aromatic N) is 3. The summed E-state index contributed by atoms with van der Waals surface area (Å²) >= 11 is 6.36. The maximum absolute atomic E-state index is 13.4. The molecule has 0 saturated carbocycles. The molecule has 0 saturated heterocycles. The Kier molecular flexibility index (Phi) is 5.47. The number of hydrogen-bond acceptors (Lipinski definition) is 6. The van der Waals surface area contributed by atoms with Gasteiger partial charge in [0.25, 0.3) is 10.0 Å². The van der Waals surface area contributed by atoms with Gasteiger partial charge in [0.1, 0.15) is 0 Å². The third-order valence-corrected chi connectivity index (χ3v) is 6.22. The Labute approximate surface area is 183 Å². The minimum Gasteiger partial charge on any atom is -0.480 e. The molecule has 0 spiro atoms. The molecule has 2 aromatic heterocycles. The van der Waals surface area contributed by atoms with Gasteiger partial charge in [-0.15, -0.1) is 0 Å². The highest BCUT2D eigenvalue weighted by atomic mass is 35.5. The molecule has 0 unspecified atom stereocenters. The van der Waals surface area contributed by atoms with E-state index in [1.807, 2.05) is 0 Å². The van der Waals surface area contributed by atoms with Crippen molar-refractivity contribution < 1.29 is 17.5 Å². The fourth-order valence-corrected chi connectivity index (χ4v) is 4.45. The van der Waals surface area contributed by atoms with Crippen LogP contribution in [0, 0.1) is 13.0 Å². The van der Waals surface area contributed by atoms with E-state index in [0.29, 0.717) is 22.0 Å². The zero-order valence-electron chi connectivity index (χ0n) is 16.4. The lowest BCUT2D eigenvalue weighted by Crippen LogP contribution is -2.14. The number of sulfonamides is 1. The van der Waals surface area contributed by atoms with Crippen molar-refractivity contribution in [2.45, 2.75) is 11.8 Å². The van der Waals surface area contributed by atoms with E-state index in [4.69, 9.17) is 16.3 Å². The SMILES string of the molecule is COc1nc(NS(=O)(=O)c2ccccc2)c(Cl)cc1-c1cc(C)c2nc(F)ncc2c1. The number of rotatable bonds is 5. The van der Waals surface area contributed by atoms with Crippen LogP contribution in [-0.2, 0) is 10.0 Å². The first-order valence-corrected chi connectivity index (χ1v) is 10.9. The first-order chi connectivity index (χ1) is 14.8. The van der Waals surface area contributed by atoms with Gasteiger partial charge in [0.05, 0.1) is 22.5 Å². The number of ether oxygens (including phenoxy) is 1. The van der Waals surface area contributed by atoms with Crippen LogP contribution in [0.4, 0.5) is 10.2 Å². The van der Waals surface area contributed by atoms with Crippen molar-refractivity contribution in [2.24, 2.45) is 0 Å². The molecule has 0 aliphatic carbocycles. The summed E-state index contributed by atoms with van der Waals surface area (Å²) in [5.74, 6) is 0.103. The summed E-state index contributed by atoms with van der Waals surface area (Å²) in [6.07, 6.45) is 0.582. The van der Waals surface area contributed by atoms with Crippen LogP contribution in [0.5, 0.6) is 5.88 Å². The molecule has 0 aliphatic heterocycles. The molecule has 0 atom stereocenters. The van der Waals surface area contributed by atoms with Gasteiger partial charge in [-0.25, -0.2) is 18.4 Å². The minimum absolute atomic E-state index is 0.0611. The quantitative estimate of drug-likeness (QED) is 0.439. The monoisotopic (exact) mass is 458 g/mol. The highest BCUT2D eigenvalue weighted by Crippen LogP contribution is 2.37. The van der Waals surface area contributed by atoms with Crippen molar-refractivity contribution in [1.82, 2.24) is 15.0 Å². The van der Waals surface area contributed by atoms with Crippen molar-refractivity contribution in [1.29, 1.82) is 0 Å². The molecule has 0 bridgehead atoms. The van der Waals surface area contributed by atoms with Gasteiger partial charge in [0.15, 0.2) is 5.82 Å². The normalized spacial score (nSPS) is 11.5. The van der Waals surface area contributed by atoms with Gasteiger partial charge in [0.2, 0.25) is 5.88 Å². The Morgan fingerprint density at radius 3 is 2.55 bits per heavy atom. The number of halogens is 2. The van der Waals surface area contributed by atoms with Crippen LogP contribution in [0.15, 0.2) is 59.6 Å². The van der Waals surface area contributed by atoms with Gasteiger partial charge in [-0.3, -0.25) is 4.72 Å². The standard InChI is InChI=1S/C21H16ClFN4O3S/c1-12-8-13(9-14-11-24-21(23)25-18(12)14)16-10-17(22)19(26-20(16)30-2)27-31(28,29)15-6-4-3-5-7-15/h3-11H,1-2H3,(H,26,27). The third-order valence-electron chi connectivity index (χ3n) is 4.57. The third kappa shape index (κ3) is 4.14. The number of anilines is 1. The number of aromatic nitrogens is 3. The second-order valence-electron chi connectivity index (χ2n) is 6.66. The van der Waals surface area contributed by atoms with E-state index in [-0.39, 0.29) is 21.6 Å². The van der Waals surface area contributed by atoms with Crippen molar-refractivity contribution in [2.75, 3.05) is 11.8 Å². The van der Waals surface area contributed by atoms with Crippen LogP contribution in [0.2, 0.25) is 5.02 Å². The lowest BCUT2D eigenvalue weighted by Gasteiger charge is -2.14. The molecule has 0 amide bonds. The smallest absolute Gasteiger partial charge is 0.309 e.